The van der Waals surface area contributed by atoms with Gasteiger partial charge in [0.1, 0.15) is 0 Å². The van der Waals surface area contributed by atoms with E-state index in [4.69, 9.17) is 20.1 Å². The Morgan fingerprint density at radius 2 is 1.12 bits per heavy atom. The van der Waals surface area contributed by atoms with Gasteiger partial charge in [-0.15, -0.1) is 0 Å². The molecule has 0 saturated carbocycles. The Balaban J connectivity index is 0. The van der Waals surface area contributed by atoms with Crippen LogP contribution in [0.1, 0.15) is 0 Å². The minimum Gasteiger partial charge on any atom is -0.872 e. The Labute approximate surface area is 65.4 Å². The van der Waals surface area contributed by atoms with E-state index in [-0.39, 0.29) is 25.8 Å². The molecule has 0 aliphatic rings. The van der Waals surface area contributed by atoms with Crippen LogP contribution in [0.5, 0.6) is 0 Å². The van der Waals surface area contributed by atoms with Gasteiger partial charge in [-0.05, 0) is 0 Å². The number of hydrogen-bond donors (Lipinski definition) is 0. The van der Waals surface area contributed by atoms with Crippen molar-refractivity contribution in [3.63, 3.8) is 0 Å². The second-order valence-corrected chi connectivity index (χ2v) is 0.713. The smallest absolute Gasteiger partial charge is 0.872 e. The van der Waals surface area contributed by atoms with Gasteiger partial charge in [-0.1, -0.05) is 0 Å². The summed E-state index contributed by atoms with van der Waals surface area (Å²) in [7, 11) is -5.50. The Hall–Kier alpha value is 0.800. The summed E-state index contributed by atoms with van der Waals surface area (Å²) in [6, 6.07) is 0. The van der Waals surface area contributed by atoms with E-state index in [9.17, 15) is 0 Å². The van der Waals surface area contributed by atoms with Crippen molar-refractivity contribution in [1.82, 2.24) is 0 Å². The van der Waals surface area contributed by atoms with Gasteiger partial charge in [0.2, 0.25) is 0 Å². The summed E-state index contributed by atoms with van der Waals surface area (Å²) >= 11 is 0. The van der Waals surface area contributed by atoms with Gasteiger partial charge in [0.25, 0.3) is 0 Å². The molecule has 0 heterocycles. The average molecular weight is 280 g/mol. The van der Waals surface area contributed by atoms with E-state index in [0.29, 0.717) is 0 Å². The number of hydrogen-bond acceptors (Lipinski definition) is 5. The first-order chi connectivity index (χ1) is 3.13. The molecular weight excluding hydrogens is 280 g/mol. The van der Waals surface area contributed by atoms with Crippen molar-refractivity contribution in [1.29, 1.82) is 0 Å². The van der Waals surface area contributed by atoms with Crippen molar-refractivity contribution >= 4 is 14.6 Å². The van der Waals surface area contributed by atoms with Crippen LogP contribution in [-0.4, -0.2) is 14.6 Å². The first-order valence-electron chi connectivity index (χ1n) is 1.41. The predicted molar refractivity (Wildman–Crippen MR) is 12.6 cm³/mol. The molecule has 0 saturated heterocycles. The molecule has 40 valence electrons. The maximum Gasteiger partial charge on any atom is 4.00 e. The minimum atomic E-state index is -2.75. The molecule has 0 bridgehead atoms. The first-order valence-corrected chi connectivity index (χ1v) is 1.41. The molecule has 0 aliphatic heterocycles. The average Bonchev–Trinajstić information content (AvgIpc) is 1.27. The molecule has 0 aromatic carbocycles. The van der Waals surface area contributed by atoms with Crippen LogP contribution in [0.15, 0.2) is 0 Å². The van der Waals surface area contributed by atoms with Crippen LogP contribution in [-0.2, 0) is 30.4 Å². The van der Waals surface area contributed by atoms with Gasteiger partial charge in [0.15, 0.2) is 0 Å². The van der Waals surface area contributed by atoms with E-state index in [1.54, 1.807) is 0 Å². The minimum absolute atomic E-state index is 0. The largest absolute Gasteiger partial charge is 4.00 e. The zero-order chi connectivity index (χ0) is 5.86. The molecule has 0 rings (SSSR count). The monoisotopic (exact) mass is 282 g/mol. The summed E-state index contributed by atoms with van der Waals surface area (Å²) in [5, 5.41) is 36.6. The fraction of sp³-hybridized carbons (Fsp3) is 0. The standard InChI is InChI=1S/B2O5.Hf/c3-1(4)7-2(5)6;/q-4;+4. The van der Waals surface area contributed by atoms with E-state index < -0.39 is 14.6 Å². The quantitative estimate of drug-likeness (QED) is 0.469. The van der Waals surface area contributed by atoms with Gasteiger partial charge >= 0.3 is 25.8 Å². The Kier molecular flexibility index (Phi) is 8.58. The van der Waals surface area contributed by atoms with Gasteiger partial charge in [-0.25, -0.2) is 0 Å². The van der Waals surface area contributed by atoms with Crippen LogP contribution >= 0.6 is 0 Å². The van der Waals surface area contributed by atoms with Crippen LogP contribution < -0.4 is 20.1 Å². The van der Waals surface area contributed by atoms with Gasteiger partial charge in [0.05, 0.1) is 0 Å². The van der Waals surface area contributed by atoms with Gasteiger partial charge in [0, 0.05) is 14.6 Å². The van der Waals surface area contributed by atoms with Crippen molar-refractivity contribution in [3.8, 4) is 0 Å². The molecule has 5 nitrogen and oxygen atoms in total. The molecule has 8 heavy (non-hydrogen) atoms. The third kappa shape index (κ3) is 9.93. The zero-order valence-corrected chi connectivity index (χ0v) is 7.29. The van der Waals surface area contributed by atoms with E-state index in [0.717, 1.165) is 0 Å². The second kappa shape index (κ2) is 5.93. The van der Waals surface area contributed by atoms with E-state index in [2.05, 4.69) is 4.57 Å². The van der Waals surface area contributed by atoms with Crippen molar-refractivity contribution in [2.45, 2.75) is 0 Å². The van der Waals surface area contributed by atoms with Gasteiger partial charge in [-0.2, -0.15) is 0 Å². The van der Waals surface area contributed by atoms with Crippen LogP contribution in [0.4, 0.5) is 0 Å². The van der Waals surface area contributed by atoms with Crippen LogP contribution in [0.3, 0.4) is 0 Å². The third-order valence-corrected chi connectivity index (χ3v) is 0.222. The van der Waals surface area contributed by atoms with Crippen molar-refractivity contribution in [3.05, 3.63) is 0 Å². The summed E-state index contributed by atoms with van der Waals surface area (Å²) in [5.41, 5.74) is 0. The zero-order valence-electron chi connectivity index (χ0n) is 3.70. The van der Waals surface area contributed by atoms with Crippen LogP contribution in [0.2, 0.25) is 0 Å². The topological polar surface area (TPSA) is 101 Å². The molecule has 0 N–H and O–H groups in total. The van der Waals surface area contributed by atoms with Crippen LogP contribution in [0.25, 0.3) is 0 Å². The Morgan fingerprint density at radius 1 is 0.875 bits per heavy atom. The molecule has 0 amide bonds. The predicted octanol–water partition coefficient (Wildman–Crippen LogP) is -5.59. The maximum atomic E-state index is 9.16. The molecular formula is B2HfO5. The molecule has 0 aliphatic carbocycles. The third-order valence-electron chi connectivity index (χ3n) is 0.222. The molecule has 0 fully saturated rings. The maximum absolute atomic E-state index is 9.16. The first kappa shape index (κ1) is 11.6. The fourth-order valence-corrected chi connectivity index (χ4v) is 0.0907. The van der Waals surface area contributed by atoms with Crippen molar-refractivity contribution in [2.24, 2.45) is 0 Å². The van der Waals surface area contributed by atoms with E-state index in [1.165, 1.54) is 0 Å². The molecule has 0 aromatic rings. The van der Waals surface area contributed by atoms with Gasteiger partial charge < -0.3 is 24.7 Å². The second-order valence-electron chi connectivity index (χ2n) is 0.713. The van der Waals surface area contributed by atoms with Crippen molar-refractivity contribution < 1.29 is 50.5 Å². The Morgan fingerprint density at radius 3 is 1.12 bits per heavy atom. The fourth-order valence-electron chi connectivity index (χ4n) is 0.0907. The van der Waals surface area contributed by atoms with Gasteiger partial charge in [-0.3, -0.25) is 0 Å². The Bertz CT molecular complexity index is 39.7. The molecule has 8 heteroatoms. The van der Waals surface area contributed by atoms with Crippen LogP contribution in [0, 0.1) is 0 Å². The molecule has 0 unspecified atom stereocenters. The summed E-state index contributed by atoms with van der Waals surface area (Å²) in [5.74, 6) is 0. The van der Waals surface area contributed by atoms with E-state index >= 15 is 0 Å². The summed E-state index contributed by atoms with van der Waals surface area (Å²) in [6.45, 7) is 0. The normalized spacial score (nSPS) is 7.50. The molecule has 0 aromatic heterocycles. The SMILES string of the molecule is [Hf+4].[O-]B([O-])OB([O-])[O-]. The van der Waals surface area contributed by atoms with Crippen molar-refractivity contribution in [2.75, 3.05) is 0 Å². The summed E-state index contributed by atoms with van der Waals surface area (Å²) in [4.78, 5) is 0. The summed E-state index contributed by atoms with van der Waals surface area (Å²) in [6.07, 6.45) is 0. The van der Waals surface area contributed by atoms with E-state index in [1.807, 2.05) is 0 Å². The molecule has 0 atom stereocenters. The molecule has 0 radical (unpaired) electrons. The number of rotatable bonds is 2. The summed E-state index contributed by atoms with van der Waals surface area (Å²) < 4.78 is 3.03. The molecule has 0 spiro atoms.